The third kappa shape index (κ3) is 3.98. The van der Waals surface area contributed by atoms with E-state index in [-0.39, 0.29) is 24.4 Å². The Balaban J connectivity index is 0.00000144. The van der Waals surface area contributed by atoms with Gasteiger partial charge in [-0.1, -0.05) is 11.6 Å². The second-order valence-electron chi connectivity index (χ2n) is 3.96. The van der Waals surface area contributed by atoms with Crippen molar-refractivity contribution in [3.8, 4) is 0 Å². The third-order valence-corrected chi connectivity index (χ3v) is 2.61. The summed E-state index contributed by atoms with van der Waals surface area (Å²) < 4.78 is 4.91. The van der Waals surface area contributed by atoms with Crippen molar-refractivity contribution < 1.29 is 9.32 Å². The smallest absolute Gasteiger partial charge is 0.246 e. The monoisotopic (exact) mass is 260 g/mol. The maximum atomic E-state index is 11.7. The number of nitrogens with zero attached hydrogens (tertiary/aromatic N) is 2. The van der Waals surface area contributed by atoms with Crippen LogP contribution in [0.1, 0.15) is 31.0 Å². The van der Waals surface area contributed by atoms with E-state index in [0.717, 1.165) is 25.8 Å². The molecular weight excluding hydrogens is 244 g/mol. The van der Waals surface area contributed by atoms with Gasteiger partial charge in [0.05, 0.1) is 12.6 Å². The summed E-state index contributed by atoms with van der Waals surface area (Å²) in [6.07, 6.45) is 3.14. The molecule has 0 unspecified atom stereocenters. The summed E-state index contributed by atoms with van der Waals surface area (Å²) in [7, 11) is 0. The molecule has 7 heteroatoms. The molecule has 0 aromatic carbocycles. The summed E-state index contributed by atoms with van der Waals surface area (Å²) in [5, 5.41) is 9.62. The number of aromatic nitrogens is 2. The summed E-state index contributed by atoms with van der Waals surface area (Å²) in [6, 6.07) is -0.0715. The van der Waals surface area contributed by atoms with E-state index in [2.05, 4.69) is 20.8 Å². The average Bonchev–Trinajstić information content (AvgIpc) is 2.73. The molecule has 1 amide bonds. The largest absolute Gasteiger partial charge is 0.346 e. The van der Waals surface area contributed by atoms with Crippen LogP contribution in [-0.2, 0) is 11.3 Å². The molecule has 1 atom stereocenters. The Hall–Kier alpha value is -1.14. The molecule has 2 rings (SSSR count). The van der Waals surface area contributed by atoms with Crippen LogP contribution < -0.4 is 10.6 Å². The molecule has 0 bridgehead atoms. The Morgan fingerprint density at radius 2 is 2.41 bits per heavy atom. The zero-order valence-electron chi connectivity index (χ0n) is 9.73. The summed E-state index contributed by atoms with van der Waals surface area (Å²) in [4.78, 5) is 15.7. The molecule has 0 aliphatic carbocycles. The quantitative estimate of drug-likeness (QED) is 0.830. The van der Waals surface area contributed by atoms with Gasteiger partial charge < -0.3 is 15.2 Å². The van der Waals surface area contributed by atoms with E-state index in [1.54, 1.807) is 6.92 Å². The first kappa shape index (κ1) is 13.9. The second-order valence-corrected chi connectivity index (χ2v) is 3.96. The van der Waals surface area contributed by atoms with Crippen LogP contribution in [0.15, 0.2) is 4.52 Å². The highest BCUT2D eigenvalue weighted by molar-refractivity contribution is 5.85. The Labute approximate surface area is 106 Å². The van der Waals surface area contributed by atoms with E-state index >= 15 is 0 Å². The van der Waals surface area contributed by atoms with Crippen LogP contribution in [-0.4, -0.2) is 28.6 Å². The van der Waals surface area contributed by atoms with Crippen molar-refractivity contribution >= 4 is 18.3 Å². The van der Waals surface area contributed by atoms with Gasteiger partial charge in [0.25, 0.3) is 0 Å². The van der Waals surface area contributed by atoms with E-state index in [1.165, 1.54) is 0 Å². The van der Waals surface area contributed by atoms with Crippen LogP contribution in [0.25, 0.3) is 0 Å². The summed E-state index contributed by atoms with van der Waals surface area (Å²) >= 11 is 0. The van der Waals surface area contributed by atoms with Gasteiger partial charge in [-0.2, -0.15) is 4.98 Å². The van der Waals surface area contributed by atoms with E-state index in [1.807, 2.05) is 0 Å². The third-order valence-electron chi connectivity index (χ3n) is 2.61. The molecule has 1 aromatic rings. The molecule has 1 fully saturated rings. The standard InChI is InChI=1S/C10H16N4O2.ClH/c1-7-13-9(16-14-7)6-12-10(15)8-4-2-3-5-11-8;/h8,11H,2-6H2,1H3,(H,12,15);1H/t8-;/m1./s1. The van der Waals surface area contributed by atoms with Crippen LogP contribution in [0.4, 0.5) is 0 Å². The lowest BCUT2D eigenvalue weighted by Gasteiger charge is -2.22. The number of piperidine rings is 1. The van der Waals surface area contributed by atoms with Crippen molar-refractivity contribution in [2.24, 2.45) is 0 Å². The molecular formula is C10H17ClN4O2. The van der Waals surface area contributed by atoms with E-state index in [0.29, 0.717) is 18.3 Å². The van der Waals surface area contributed by atoms with Crippen LogP contribution in [0.2, 0.25) is 0 Å². The molecule has 1 aromatic heterocycles. The summed E-state index contributed by atoms with van der Waals surface area (Å²) in [5.41, 5.74) is 0. The van der Waals surface area contributed by atoms with Gasteiger partial charge in [0.2, 0.25) is 11.8 Å². The maximum absolute atomic E-state index is 11.7. The van der Waals surface area contributed by atoms with Crippen LogP contribution in [0.5, 0.6) is 0 Å². The minimum absolute atomic E-state index is 0. The topological polar surface area (TPSA) is 80.0 Å². The van der Waals surface area contributed by atoms with E-state index < -0.39 is 0 Å². The molecule has 1 aliphatic rings. The fraction of sp³-hybridized carbons (Fsp3) is 0.700. The number of amides is 1. The summed E-state index contributed by atoms with van der Waals surface area (Å²) in [5.74, 6) is 1.04. The number of carbonyl (C=O) groups is 1. The van der Waals surface area contributed by atoms with Crippen LogP contribution >= 0.6 is 12.4 Å². The Kier molecular flexibility index (Phi) is 5.37. The van der Waals surface area contributed by atoms with Crippen molar-refractivity contribution in [1.29, 1.82) is 0 Å². The molecule has 0 radical (unpaired) electrons. The molecule has 6 nitrogen and oxygen atoms in total. The Morgan fingerprint density at radius 1 is 1.59 bits per heavy atom. The van der Waals surface area contributed by atoms with Gasteiger partial charge in [0, 0.05) is 0 Å². The molecule has 1 aliphatic heterocycles. The van der Waals surface area contributed by atoms with Crippen molar-refractivity contribution in [3.63, 3.8) is 0 Å². The first-order valence-electron chi connectivity index (χ1n) is 5.56. The zero-order chi connectivity index (χ0) is 11.4. The number of carbonyl (C=O) groups excluding carboxylic acids is 1. The SMILES string of the molecule is Cc1noc(CNC(=O)[C@H]2CCCCN2)n1.Cl. The molecule has 2 N–H and O–H groups in total. The minimum atomic E-state index is -0.0715. The van der Waals surface area contributed by atoms with Gasteiger partial charge in [-0.3, -0.25) is 4.79 Å². The second kappa shape index (κ2) is 6.56. The van der Waals surface area contributed by atoms with Crippen LogP contribution in [0.3, 0.4) is 0 Å². The highest BCUT2D eigenvalue weighted by atomic mass is 35.5. The number of rotatable bonds is 3. The molecule has 2 heterocycles. The Morgan fingerprint density at radius 3 is 3.00 bits per heavy atom. The predicted molar refractivity (Wildman–Crippen MR) is 63.8 cm³/mol. The molecule has 0 spiro atoms. The maximum Gasteiger partial charge on any atom is 0.246 e. The highest BCUT2D eigenvalue weighted by Gasteiger charge is 2.20. The lowest BCUT2D eigenvalue weighted by molar-refractivity contribution is -0.123. The van der Waals surface area contributed by atoms with Gasteiger partial charge in [0.15, 0.2) is 5.82 Å². The number of halogens is 1. The van der Waals surface area contributed by atoms with Crippen molar-refractivity contribution in [3.05, 3.63) is 11.7 Å². The van der Waals surface area contributed by atoms with Gasteiger partial charge in [-0.25, -0.2) is 0 Å². The fourth-order valence-electron chi connectivity index (χ4n) is 1.77. The zero-order valence-corrected chi connectivity index (χ0v) is 10.5. The molecule has 1 saturated heterocycles. The highest BCUT2D eigenvalue weighted by Crippen LogP contribution is 2.07. The van der Waals surface area contributed by atoms with Gasteiger partial charge in [0.1, 0.15) is 0 Å². The number of aryl methyl sites for hydroxylation is 1. The van der Waals surface area contributed by atoms with Gasteiger partial charge >= 0.3 is 0 Å². The van der Waals surface area contributed by atoms with Crippen LogP contribution in [0, 0.1) is 6.92 Å². The minimum Gasteiger partial charge on any atom is -0.346 e. The fourth-order valence-corrected chi connectivity index (χ4v) is 1.77. The first-order chi connectivity index (χ1) is 7.75. The van der Waals surface area contributed by atoms with Gasteiger partial charge in [-0.15, -0.1) is 12.4 Å². The number of hydrogen-bond donors (Lipinski definition) is 2. The average molecular weight is 261 g/mol. The van der Waals surface area contributed by atoms with Gasteiger partial charge in [-0.05, 0) is 26.3 Å². The lowest BCUT2D eigenvalue weighted by Crippen LogP contribution is -2.46. The van der Waals surface area contributed by atoms with E-state index in [4.69, 9.17) is 4.52 Å². The first-order valence-corrected chi connectivity index (χ1v) is 5.56. The summed E-state index contributed by atoms with van der Waals surface area (Å²) in [6.45, 7) is 2.97. The lowest BCUT2D eigenvalue weighted by atomic mass is 10.0. The Bertz CT molecular complexity index is 363. The molecule has 96 valence electrons. The van der Waals surface area contributed by atoms with Crippen molar-refractivity contribution in [1.82, 2.24) is 20.8 Å². The van der Waals surface area contributed by atoms with Crippen molar-refractivity contribution in [2.75, 3.05) is 6.54 Å². The number of hydrogen-bond acceptors (Lipinski definition) is 5. The molecule has 17 heavy (non-hydrogen) atoms. The molecule has 0 saturated carbocycles. The van der Waals surface area contributed by atoms with E-state index in [9.17, 15) is 4.79 Å². The van der Waals surface area contributed by atoms with Crippen molar-refractivity contribution in [2.45, 2.75) is 38.8 Å². The predicted octanol–water partition coefficient (Wildman–Crippen LogP) is 0.558. The number of nitrogens with one attached hydrogen (secondary N) is 2. The normalized spacial score (nSPS) is 19.5.